The van der Waals surface area contributed by atoms with E-state index >= 15 is 0 Å². The van der Waals surface area contributed by atoms with E-state index in [4.69, 9.17) is 23.7 Å². The van der Waals surface area contributed by atoms with Gasteiger partial charge in [-0.05, 0) is 75.2 Å². The number of benzene rings is 2. The zero-order valence-corrected chi connectivity index (χ0v) is 23.7. The summed E-state index contributed by atoms with van der Waals surface area (Å²) in [6.07, 6.45) is 10.2. The minimum absolute atomic E-state index is 0.200. The van der Waals surface area contributed by atoms with E-state index in [-0.39, 0.29) is 17.9 Å². The van der Waals surface area contributed by atoms with Crippen molar-refractivity contribution in [3.8, 4) is 11.5 Å². The summed E-state index contributed by atoms with van der Waals surface area (Å²) in [5.74, 6) is -0.835. The Morgan fingerprint density at radius 2 is 1.27 bits per heavy atom. The molecule has 2 aromatic carbocycles. The molecule has 0 N–H and O–H groups in total. The fraction of sp³-hybridized carbons (Fsp3) is 0.469. The highest BCUT2D eigenvalue weighted by Gasteiger charge is 2.20. The molecule has 0 aliphatic carbocycles. The quantitative estimate of drug-likeness (QED) is 0.0770. The molecule has 0 radical (unpaired) electrons. The first kappa shape index (κ1) is 32.6. The maximum absolute atomic E-state index is 12.5. The van der Waals surface area contributed by atoms with Crippen LogP contribution in [-0.4, -0.2) is 50.4 Å². The van der Waals surface area contributed by atoms with Crippen LogP contribution >= 0.6 is 0 Å². The number of esters is 3. The number of carbonyl (C=O) groups excluding carboxylic acids is 3. The highest BCUT2D eigenvalue weighted by molar-refractivity contribution is 5.92. The third kappa shape index (κ3) is 12.9. The number of hydrogen-bond acceptors (Lipinski definition) is 8. The van der Waals surface area contributed by atoms with Gasteiger partial charge < -0.3 is 23.7 Å². The van der Waals surface area contributed by atoms with Crippen molar-refractivity contribution >= 4 is 17.9 Å². The van der Waals surface area contributed by atoms with E-state index in [0.29, 0.717) is 24.5 Å². The smallest absolute Gasteiger partial charge is 0.347 e. The van der Waals surface area contributed by atoms with E-state index < -0.39 is 24.0 Å². The fourth-order valence-electron chi connectivity index (χ4n) is 3.77. The Morgan fingerprint density at radius 3 is 1.85 bits per heavy atom. The second-order valence-corrected chi connectivity index (χ2v) is 9.28. The van der Waals surface area contributed by atoms with E-state index in [1.54, 1.807) is 37.3 Å². The SMILES string of the molecule is C=CCOCCCCCCCCCCOc1ccc(C(=O)Oc2ccc(C(=O)OC(C)C(=O)OCC)cc2)cc1. The largest absolute Gasteiger partial charge is 0.494 e. The van der Waals surface area contributed by atoms with Crippen molar-refractivity contribution in [2.75, 3.05) is 26.4 Å². The molecule has 218 valence electrons. The van der Waals surface area contributed by atoms with Gasteiger partial charge in [-0.25, -0.2) is 14.4 Å². The van der Waals surface area contributed by atoms with Gasteiger partial charge in [0.05, 0.1) is 30.9 Å². The number of rotatable bonds is 20. The van der Waals surface area contributed by atoms with Crippen LogP contribution < -0.4 is 9.47 Å². The summed E-state index contributed by atoms with van der Waals surface area (Å²) in [5.41, 5.74) is 0.602. The summed E-state index contributed by atoms with van der Waals surface area (Å²) < 4.78 is 26.5. The summed E-state index contributed by atoms with van der Waals surface area (Å²) in [4.78, 5) is 36.3. The average molecular weight is 555 g/mol. The van der Waals surface area contributed by atoms with Crippen molar-refractivity contribution in [3.05, 3.63) is 72.3 Å². The maximum Gasteiger partial charge on any atom is 0.347 e. The monoisotopic (exact) mass is 554 g/mol. The van der Waals surface area contributed by atoms with Gasteiger partial charge in [0.25, 0.3) is 0 Å². The lowest BCUT2D eigenvalue weighted by Crippen LogP contribution is -2.26. The highest BCUT2D eigenvalue weighted by Crippen LogP contribution is 2.18. The highest BCUT2D eigenvalue weighted by atomic mass is 16.6. The van der Waals surface area contributed by atoms with Crippen molar-refractivity contribution in [3.63, 3.8) is 0 Å². The molecular weight excluding hydrogens is 512 g/mol. The molecule has 0 spiro atoms. The third-order valence-electron chi connectivity index (χ3n) is 5.98. The molecule has 1 unspecified atom stereocenters. The lowest BCUT2D eigenvalue weighted by molar-refractivity contribution is -0.152. The van der Waals surface area contributed by atoms with E-state index in [2.05, 4.69) is 6.58 Å². The minimum atomic E-state index is -1.02. The summed E-state index contributed by atoms with van der Waals surface area (Å²) >= 11 is 0. The number of ether oxygens (including phenoxy) is 5. The summed E-state index contributed by atoms with van der Waals surface area (Å²) in [6.45, 7) is 9.04. The van der Waals surface area contributed by atoms with Crippen molar-refractivity contribution in [1.82, 2.24) is 0 Å². The zero-order chi connectivity index (χ0) is 29.0. The maximum atomic E-state index is 12.5. The van der Waals surface area contributed by atoms with Gasteiger partial charge in [0.15, 0.2) is 6.10 Å². The van der Waals surface area contributed by atoms with Crippen molar-refractivity contribution < 1.29 is 38.1 Å². The number of carbonyl (C=O) groups is 3. The van der Waals surface area contributed by atoms with Crippen LogP contribution in [-0.2, 0) is 19.0 Å². The third-order valence-corrected chi connectivity index (χ3v) is 5.98. The van der Waals surface area contributed by atoms with Crippen molar-refractivity contribution in [1.29, 1.82) is 0 Å². The van der Waals surface area contributed by atoms with Crippen LogP contribution in [0.5, 0.6) is 11.5 Å². The van der Waals surface area contributed by atoms with Gasteiger partial charge in [0.1, 0.15) is 11.5 Å². The first-order valence-electron chi connectivity index (χ1n) is 14.1. The molecule has 0 aliphatic heterocycles. The Balaban J connectivity index is 1.63. The molecular formula is C32H42O8. The van der Waals surface area contributed by atoms with Crippen LogP contribution in [0.2, 0.25) is 0 Å². The van der Waals surface area contributed by atoms with Gasteiger partial charge in [0.2, 0.25) is 0 Å². The van der Waals surface area contributed by atoms with E-state index in [0.717, 1.165) is 25.9 Å². The average Bonchev–Trinajstić information content (AvgIpc) is 2.96. The molecule has 8 nitrogen and oxygen atoms in total. The van der Waals surface area contributed by atoms with Crippen LogP contribution in [0.3, 0.4) is 0 Å². The van der Waals surface area contributed by atoms with E-state index in [1.165, 1.54) is 63.3 Å². The van der Waals surface area contributed by atoms with Gasteiger partial charge in [-0.2, -0.15) is 0 Å². The molecule has 8 heteroatoms. The van der Waals surface area contributed by atoms with Gasteiger partial charge in [0, 0.05) is 6.61 Å². The normalized spacial score (nSPS) is 11.3. The molecule has 0 fully saturated rings. The molecule has 2 aromatic rings. The molecule has 0 amide bonds. The lowest BCUT2D eigenvalue weighted by Gasteiger charge is -2.12. The number of unbranched alkanes of at least 4 members (excludes halogenated alkanes) is 7. The number of hydrogen-bond donors (Lipinski definition) is 0. The van der Waals surface area contributed by atoms with Gasteiger partial charge in [-0.15, -0.1) is 6.58 Å². The molecule has 0 aromatic heterocycles. The topological polar surface area (TPSA) is 97.4 Å². The van der Waals surface area contributed by atoms with Crippen LogP contribution in [0.15, 0.2) is 61.2 Å². The Kier molecular flexibility index (Phi) is 15.8. The Hall–Kier alpha value is -3.65. The van der Waals surface area contributed by atoms with Gasteiger partial charge in [-0.3, -0.25) is 0 Å². The molecule has 0 saturated carbocycles. The summed E-state index contributed by atoms with van der Waals surface area (Å²) in [7, 11) is 0. The standard InChI is InChI=1S/C32H42O8/c1-4-22-36-23-12-10-8-6-7-9-11-13-24-38-28-18-14-27(15-19-28)32(35)40-29-20-16-26(17-21-29)31(34)39-25(3)30(33)37-5-2/h4,14-21,25H,1,5-13,22-24H2,2-3H3. The molecule has 0 heterocycles. The molecule has 0 saturated heterocycles. The van der Waals surface area contributed by atoms with Crippen molar-refractivity contribution in [2.24, 2.45) is 0 Å². The van der Waals surface area contributed by atoms with E-state index in [1.807, 2.05) is 0 Å². The second kappa shape index (κ2) is 19.4. The fourth-order valence-corrected chi connectivity index (χ4v) is 3.77. The van der Waals surface area contributed by atoms with Gasteiger partial charge >= 0.3 is 17.9 Å². The van der Waals surface area contributed by atoms with E-state index in [9.17, 15) is 14.4 Å². The molecule has 40 heavy (non-hydrogen) atoms. The molecule has 1 atom stereocenters. The second-order valence-electron chi connectivity index (χ2n) is 9.28. The van der Waals surface area contributed by atoms with Crippen LogP contribution in [0, 0.1) is 0 Å². The van der Waals surface area contributed by atoms with Crippen LogP contribution in [0.4, 0.5) is 0 Å². The molecule has 0 bridgehead atoms. The molecule has 2 rings (SSSR count). The van der Waals surface area contributed by atoms with Gasteiger partial charge in [-0.1, -0.05) is 44.6 Å². The summed E-state index contributed by atoms with van der Waals surface area (Å²) in [6, 6.07) is 12.7. The van der Waals surface area contributed by atoms with Crippen LogP contribution in [0.1, 0.15) is 85.9 Å². The predicted molar refractivity (Wildman–Crippen MR) is 153 cm³/mol. The molecule has 0 aliphatic rings. The Morgan fingerprint density at radius 1 is 0.750 bits per heavy atom. The lowest BCUT2D eigenvalue weighted by atomic mass is 10.1. The minimum Gasteiger partial charge on any atom is -0.494 e. The van der Waals surface area contributed by atoms with Crippen LogP contribution in [0.25, 0.3) is 0 Å². The van der Waals surface area contributed by atoms with Crippen molar-refractivity contribution in [2.45, 2.75) is 71.3 Å². The first-order valence-corrected chi connectivity index (χ1v) is 14.1. The predicted octanol–water partition coefficient (Wildman–Crippen LogP) is 6.72. The zero-order valence-electron chi connectivity index (χ0n) is 23.7. The Labute approximate surface area is 237 Å². The summed E-state index contributed by atoms with van der Waals surface area (Å²) in [5, 5.41) is 0. The first-order chi connectivity index (χ1) is 19.4. The Bertz CT molecular complexity index is 1030.